The van der Waals surface area contributed by atoms with Crippen LogP contribution in [0.5, 0.6) is 5.75 Å². The number of benzene rings is 1. The number of phenolic OH excluding ortho intramolecular Hbond substituents is 1. The summed E-state index contributed by atoms with van der Waals surface area (Å²) in [5, 5.41) is 9.41. The summed E-state index contributed by atoms with van der Waals surface area (Å²) in [6.45, 7) is 2.19. The van der Waals surface area contributed by atoms with Gasteiger partial charge >= 0.3 is 0 Å². The van der Waals surface area contributed by atoms with Crippen molar-refractivity contribution in [3.63, 3.8) is 0 Å². The SMILES string of the molecule is CCCCCc1ccccc1O.O. The molecule has 2 heteroatoms. The van der Waals surface area contributed by atoms with Crippen LogP contribution in [0, 0.1) is 0 Å². The Labute approximate surface area is 79.5 Å². The highest BCUT2D eigenvalue weighted by Crippen LogP contribution is 2.17. The molecule has 0 aromatic heterocycles. The summed E-state index contributed by atoms with van der Waals surface area (Å²) in [4.78, 5) is 0. The highest BCUT2D eigenvalue weighted by Gasteiger charge is 1.97. The molecule has 0 saturated carbocycles. The van der Waals surface area contributed by atoms with E-state index in [-0.39, 0.29) is 5.48 Å². The van der Waals surface area contributed by atoms with E-state index in [1.165, 1.54) is 19.3 Å². The van der Waals surface area contributed by atoms with Crippen molar-refractivity contribution in [2.75, 3.05) is 0 Å². The molecule has 0 amide bonds. The van der Waals surface area contributed by atoms with Crippen LogP contribution < -0.4 is 0 Å². The fraction of sp³-hybridized carbons (Fsp3) is 0.455. The van der Waals surface area contributed by atoms with Crippen LogP contribution in [-0.2, 0) is 6.42 Å². The first kappa shape index (κ1) is 12.0. The molecule has 3 N–H and O–H groups in total. The minimum Gasteiger partial charge on any atom is -0.508 e. The lowest BCUT2D eigenvalue weighted by atomic mass is 10.1. The van der Waals surface area contributed by atoms with Crippen LogP contribution in [0.15, 0.2) is 24.3 Å². The molecule has 1 aromatic rings. The third-order valence-electron chi connectivity index (χ3n) is 2.04. The Morgan fingerprint density at radius 2 is 1.85 bits per heavy atom. The second kappa shape index (κ2) is 6.49. The lowest BCUT2D eigenvalue weighted by molar-refractivity contribution is 0.466. The van der Waals surface area contributed by atoms with Crippen LogP contribution in [0.2, 0.25) is 0 Å². The van der Waals surface area contributed by atoms with Crippen LogP contribution >= 0.6 is 0 Å². The Bertz CT molecular complexity index is 233. The van der Waals surface area contributed by atoms with Gasteiger partial charge in [0, 0.05) is 0 Å². The van der Waals surface area contributed by atoms with Crippen molar-refractivity contribution < 1.29 is 10.6 Å². The third kappa shape index (κ3) is 3.95. The van der Waals surface area contributed by atoms with Crippen LogP contribution in [0.25, 0.3) is 0 Å². The van der Waals surface area contributed by atoms with Crippen molar-refractivity contribution in [3.8, 4) is 5.75 Å². The molecule has 1 aromatic carbocycles. The van der Waals surface area contributed by atoms with Gasteiger partial charge in [0.2, 0.25) is 0 Å². The maximum atomic E-state index is 9.41. The molecule has 0 fully saturated rings. The molecule has 0 aliphatic heterocycles. The zero-order valence-electron chi connectivity index (χ0n) is 8.09. The van der Waals surface area contributed by atoms with E-state index in [4.69, 9.17) is 0 Å². The van der Waals surface area contributed by atoms with Crippen LogP contribution in [0.4, 0.5) is 0 Å². The third-order valence-corrected chi connectivity index (χ3v) is 2.04. The fourth-order valence-electron chi connectivity index (χ4n) is 1.29. The number of hydrogen-bond acceptors (Lipinski definition) is 1. The van der Waals surface area contributed by atoms with E-state index < -0.39 is 0 Å². The van der Waals surface area contributed by atoms with E-state index in [0.29, 0.717) is 5.75 Å². The minimum atomic E-state index is 0. The standard InChI is InChI=1S/C11H16O.H2O/c1-2-3-4-7-10-8-5-6-9-11(10)12;/h5-6,8-9,12H,2-4,7H2,1H3;1H2. The molecule has 0 aliphatic rings. The topological polar surface area (TPSA) is 51.7 Å². The second-order valence-corrected chi connectivity index (χ2v) is 3.09. The highest BCUT2D eigenvalue weighted by molar-refractivity contribution is 5.31. The molecule has 2 nitrogen and oxygen atoms in total. The van der Waals surface area contributed by atoms with Crippen molar-refractivity contribution in [1.29, 1.82) is 0 Å². The van der Waals surface area contributed by atoms with E-state index in [0.717, 1.165) is 12.0 Å². The molecule has 0 aliphatic carbocycles. The Balaban J connectivity index is 0.00000144. The van der Waals surface area contributed by atoms with Gasteiger partial charge in [-0.2, -0.15) is 0 Å². The van der Waals surface area contributed by atoms with Gasteiger partial charge in [0.1, 0.15) is 5.75 Å². The molecule has 74 valence electrons. The molecular weight excluding hydrogens is 164 g/mol. The van der Waals surface area contributed by atoms with Gasteiger partial charge in [-0.05, 0) is 24.5 Å². The number of aromatic hydroxyl groups is 1. The zero-order valence-corrected chi connectivity index (χ0v) is 8.09. The van der Waals surface area contributed by atoms with Gasteiger partial charge in [0.15, 0.2) is 0 Å². The number of hydrogen-bond donors (Lipinski definition) is 1. The maximum absolute atomic E-state index is 9.41. The quantitative estimate of drug-likeness (QED) is 0.714. The molecule has 0 atom stereocenters. The number of phenols is 1. The van der Waals surface area contributed by atoms with Gasteiger partial charge < -0.3 is 10.6 Å². The first-order valence-corrected chi connectivity index (χ1v) is 4.61. The molecule has 0 unspecified atom stereocenters. The summed E-state index contributed by atoms with van der Waals surface area (Å²) in [5.74, 6) is 0.439. The van der Waals surface area contributed by atoms with E-state index in [1.54, 1.807) is 6.07 Å². The van der Waals surface area contributed by atoms with Gasteiger partial charge in [0.25, 0.3) is 0 Å². The predicted octanol–water partition coefficient (Wildman–Crippen LogP) is 2.30. The predicted molar refractivity (Wildman–Crippen MR) is 54.9 cm³/mol. The summed E-state index contributed by atoms with van der Waals surface area (Å²) >= 11 is 0. The Hall–Kier alpha value is -1.02. The molecule has 13 heavy (non-hydrogen) atoms. The smallest absolute Gasteiger partial charge is 0.118 e. The molecule has 0 saturated heterocycles. The Morgan fingerprint density at radius 3 is 2.46 bits per heavy atom. The summed E-state index contributed by atoms with van der Waals surface area (Å²) < 4.78 is 0. The molecule has 0 radical (unpaired) electrons. The fourth-order valence-corrected chi connectivity index (χ4v) is 1.29. The lowest BCUT2D eigenvalue weighted by Gasteiger charge is -2.02. The summed E-state index contributed by atoms with van der Waals surface area (Å²) in [6.07, 6.45) is 4.65. The van der Waals surface area contributed by atoms with Crippen LogP contribution in [0.1, 0.15) is 31.7 Å². The molecule has 0 spiro atoms. The van der Waals surface area contributed by atoms with Crippen molar-refractivity contribution in [3.05, 3.63) is 29.8 Å². The second-order valence-electron chi connectivity index (χ2n) is 3.09. The lowest BCUT2D eigenvalue weighted by Crippen LogP contribution is -1.85. The molecular formula is C11H18O2. The molecule has 0 heterocycles. The van der Waals surface area contributed by atoms with Gasteiger partial charge in [-0.15, -0.1) is 0 Å². The van der Waals surface area contributed by atoms with E-state index in [1.807, 2.05) is 18.2 Å². The van der Waals surface area contributed by atoms with Crippen molar-refractivity contribution in [2.24, 2.45) is 0 Å². The summed E-state index contributed by atoms with van der Waals surface area (Å²) in [6, 6.07) is 7.58. The number of aryl methyl sites for hydroxylation is 1. The molecule has 1 rings (SSSR count). The van der Waals surface area contributed by atoms with E-state index >= 15 is 0 Å². The van der Waals surface area contributed by atoms with Crippen molar-refractivity contribution >= 4 is 0 Å². The minimum absolute atomic E-state index is 0. The van der Waals surface area contributed by atoms with E-state index in [9.17, 15) is 5.11 Å². The van der Waals surface area contributed by atoms with Crippen molar-refractivity contribution in [1.82, 2.24) is 0 Å². The van der Waals surface area contributed by atoms with Gasteiger partial charge in [-0.1, -0.05) is 38.0 Å². The normalized spacial score (nSPS) is 9.31. The number of para-hydroxylation sites is 1. The van der Waals surface area contributed by atoms with Crippen molar-refractivity contribution in [2.45, 2.75) is 32.6 Å². The van der Waals surface area contributed by atoms with Gasteiger partial charge in [0.05, 0.1) is 0 Å². The summed E-state index contributed by atoms with van der Waals surface area (Å²) in [5.41, 5.74) is 1.07. The van der Waals surface area contributed by atoms with E-state index in [2.05, 4.69) is 6.92 Å². The largest absolute Gasteiger partial charge is 0.508 e. The average molecular weight is 182 g/mol. The first-order chi connectivity index (χ1) is 5.84. The zero-order chi connectivity index (χ0) is 8.81. The first-order valence-electron chi connectivity index (χ1n) is 4.61. The maximum Gasteiger partial charge on any atom is 0.118 e. The van der Waals surface area contributed by atoms with Gasteiger partial charge in [-0.25, -0.2) is 0 Å². The molecule has 0 bridgehead atoms. The van der Waals surface area contributed by atoms with Crippen LogP contribution in [-0.4, -0.2) is 10.6 Å². The van der Waals surface area contributed by atoms with Crippen LogP contribution in [0.3, 0.4) is 0 Å². The monoisotopic (exact) mass is 182 g/mol. The Kier molecular flexibility index (Phi) is 5.98. The van der Waals surface area contributed by atoms with Gasteiger partial charge in [-0.3, -0.25) is 0 Å². The average Bonchev–Trinajstić information content (AvgIpc) is 2.09. The summed E-state index contributed by atoms with van der Waals surface area (Å²) in [7, 11) is 0. The number of rotatable bonds is 4. The Morgan fingerprint density at radius 1 is 1.15 bits per heavy atom. The highest BCUT2D eigenvalue weighted by atomic mass is 16.3. The number of unbranched alkanes of at least 4 members (excludes halogenated alkanes) is 2.